The van der Waals surface area contributed by atoms with Crippen molar-refractivity contribution in [1.29, 1.82) is 0 Å². The van der Waals surface area contributed by atoms with Gasteiger partial charge in [0.2, 0.25) is 0 Å². The molecule has 7 heteroatoms. The molecule has 19 heavy (non-hydrogen) atoms. The molecular formula is C12H15ClFNO4. The highest BCUT2D eigenvalue weighted by Gasteiger charge is 2.23. The Morgan fingerprint density at radius 2 is 2.11 bits per heavy atom. The largest absolute Gasteiger partial charge is 0.478 e. The minimum Gasteiger partial charge on any atom is -0.478 e. The fraction of sp³-hybridized carbons (Fsp3) is 0.417. The summed E-state index contributed by atoms with van der Waals surface area (Å²) in [4.78, 5) is 10.8. The predicted octanol–water partition coefficient (Wildman–Crippen LogP) is 1.18. The lowest BCUT2D eigenvalue weighted by Crippen LogP contribution is -2.24. The second-order valence-corrected chi connectivity index (χ2v) is 4.47. The monoisotopic (exact) mass is 291 g/mol. The van der Waals surface area contributed by atoms with Crippen LogP contribution in [0.4, 0.5) is 4.39 Å². The van der Waals surface area contributed by atoms with E-state index in [9.17, 15) is 19.4 Å². The zero-order valence-electron chi connectivity index (χ0n) is 10.2. The molecule has 0 aliphatic heterocycles. The van der Waals surface area contributed by atoms with Gasteiger partial charge in [-0.25, -0.2) is 9.18 Å². The molecule has 0 radical (unpaired) electrons. The fourth-order valence-electron chi connectivity index (χ4n) is 1.61. The summed E-state index contributed by atoms with van der Waals surface area (Å²) in [6.07, 6.45) is -2.42. The van der Waals surface area contributed by atoms with Gasteiger partial charge in [0.25, 0.3) is 0 Å². The van der Waals surface area contributed by atoms with E-state index >= 15 is 0 Å². The lowest BCUT2D eigenvalue weighted by Gasteiger charge is -2.19. The summed E-state index contributed by atoms with van der Waals surface area (Å²) < 4.78 is 13.7. The highest BCUT2D eigenvalue weighted by Crippen LogP contribution is 2.27. The third kappa shape index (κ3) is 3.87. The van der Waals surface area contributed by atoms with Gasteiger partial charge < -0.3 is 20.6 Å². The van der Waals surface area contributed by atoms with Crippen LogP contribution in [-0.2, 0) is 0 Å². The summed E-state index contributed by atoms with van der Waals surface area (Å²) >= 11 is 5.70. The zero-order valence-corrected chi connectivity index (χ0v) is 11.0. The molecule has 4 N–H and O–H groups in total. The van der Waals surface area contributed by atoms with Crippen LogP contribution in [0, 0.1) is 5.82 Å². The second-order valence-electron chi connectivity index (χ2n) is 4.06. The summed E-state index contributed by atoms with van der Waals surface area (Å²) in [5.74, 6) is -2.28. The summed E-state index contributed by atoms with van der Waals surface area (Å²) in [6.45, 7) is 0.445. The number of hydrogen-bond acceptors (Lipinski definition) is 4. The molecule has 1 rings (SSSR count). The van der Waals surface area contributed by atoms with Gasteiger partial charge in [0, 0.05) is 5.56 Å². The van der Waals surface area contributed by atoms with Crippen molar-refractivity contribution >= 4 is 17.6 Å². The molecule has 2 atom stereocenters. The van der Waals surface area contributed by atoms with Crippen LogP contribution in [0.1, 0.15) is 28.4 Å². The van der Waals surface area contributed by atoms with Gasteiger partial charge in [-0.2, -0.15) is 0 Å². The van der Waals surface area contributed by atoms with E-state index in [1.807, 2.05) is 0 Å². The minimum absolute atomic E-state index is 0.191. The lowest BCUT2D eigenvalue weighted by atomic mass is 10.00. The first-order valence-corrected chi connectivity index (χ1v) is 5.99. The zero-order chi connectivity index (χ0) is 14.6. The van der Waals surface area contributed by atoms with Crippen LogP contribution in [0.3, 0.4) is 0 Å². The normalized spacial score (nSPS) is 14.2. The smallest absolute Gasteiger partial charge is 0.337 e. The number of carboxylic acids is 1. The predicted molar refractivity (Wildman–Crippen MR) is 67.9 cm³/mol. The van der Waals surface area contributed by atoms with Crippen molar-refractivity contribution in [1.82, 2.24) is 5.32 Å². The maximum absolute atomic E-state index is 13.7. The number of rotatable bonds is 6. The SMILES string of the molecule is CNCCC(O)C(O)c1cc(Cl)c(C(=O)O)cc1F. The highest BCUT2D eigenvalue weighted by molar-refractivity contribution is 6.33. The van der Waals surface area contributed by atoms with Gasteiger partial charge in [-0.05, 0) is 32.1 Å². The molecule has 0 heterocycles. The van der Waals surface area contributed by atoms with E-state index < -0.39 is 24.0 Å². The van der Waals surface area contributed by atoms with Gasteiger partial charge in [-0.1, -0.05) is 11.6 Å². The lowest BCUT2D eigenvalue weighted by molar-refractivity contribution is 0.0120. The molecule has 2 unspecified atom stereocenters. The Bertz CT molecular complexity index is 469. The molecular weight excluding hydrogens is 277 g/mol. The van der Waals surface area contributed by atoms with Crippen LogP contribution in [0.15, 0.2) is 12.1 Å². The number of aromatic carboxylic acids is 1. The summed E-state index contributed by atoms with van der Waals surface area (Å²) in [5.41, 5.74) is -0.613. The minimum atomic E-state index is -1.46. The fourth-order valence-corrected chi connectivity index (χ4v) is 1.86. The van der Waals surface area contributed by atoms with E-state index in [4.69, 9.17) is 16.7 Å². The number of halogens is 2. The van der Waals surface area contributed by atoms with Crippen LogP contribution in [0.25, 0.3) is 0 Å². The van der Waals surface area contributed by atoms with Crippen LogP contribution >= 0.6 is 11.6 Å². The molecule has 5 nitrogen and oxygen atoms in total. The molecule has 0 spiro atoms. The van der Waals surface area contributed by atoms with Gasteiger partial charge >= 0.3 is 5.97 Å². The maximum atomic E-state index is 13.7. The van der Waals surface area contributed by atoms with Crippen molar-refractivity contribution < 1.29 is 24.5 Å². The molecule has 0 aliphatic carbocycles. The van der Waals surface area contributed by atoms with Gasteiger partial charge in [0.15, 0.2) is 0 Å². The maximum Gasteiger partial charge on any atom is 0.337 e. The van der Waals surface area contributed by atoms with Crippen molar-refractivity contribution in [3.8, 4) is 0 Å². The number of carbonyl (C=O) groups is 1. The first-order chi connectivity index (χ1) is 8.88. The Kier molecular flexibility index (Phi) is 5.68. The average molecular weight is 292 g/mol. The number of hydrogen-bond donors (Lipinski definition) is 4. The molecule has 0 aliphatic rings. The Morgan fingerprint density at radius 1 is 1.47 bits per heavy atom. The van der Waals surface area contributed by atoms with E-state index in [-0.39, 0.29) is 22.6 Å². The van der Waals surface area contributed by atoms with Crippen molar-refractivity contribution in [2.75, 3.05) is 13.6 Å². The van der Waals surface area contributed by atoms with Crippen LogP contribution in [0.5, 0.6) is 0 Å². The number of carboxylic acid groups (broad SMARTS) is 1. The number of aliphatic hydroxyl groups is 2. The first kappa shape index (κ1) is 15.8. The molecule has 0 bridgehead atoms. The van der Waals surface area contributed by atoms with Crippen LogP contribution < -0.4 is 5.32 Å². The molecule has 1 aromatic rings. The molecule has 0 amide bonds. The summed E-state index contributed by atoms with van der Waals surface area (Å²) in [5, 5.41) is 30.9. The molecule has 0 fully saturated rings. The van der Waals surface area contributed by atoms with Gasteiger partial charge in [0.1, 0.15) is 11.9 Å². The van der Waals surface area contributed by atoms with Crippen molar-refractivity contribution in [3.05, 3.63) is 34.1 Å². The third-order valence-corrected chi connectivity index (χ3v) is 3.00. The average Bonchev–Trinajstić information content (AvgIpc) is 2.36. The molecule has 0 aromatic heterocycles. The molecule has 1 aromatic carbocycles. The van der Waals surface area contributed by atoms with Gasteiger partial charge in [0.05, 0.1) is 16.7 Å². The summed E-state index contributed by atoms with van der Waals surface area (Å²) in [6, 6.07) is 1.75. The van der Waals surface area contributed by atoms with E-state index in [0.29, 0.717) is 6.54 Å². The van der Waals surface area contributed by atoms with Crippen LogP contribution in [0.2, 0.25) is 5.02 Å². The van der Waals surface area contributed by atoms with Gasteiger partial charge in [-0.3, -0.25) is 0 Å². The Hall–Kier alpha value is -1.21. The number of nitrogens with one attached hydrogen (secondary N) is 1. The van der Waals surface area contributed by atoms with E-state index in [1.54, 1.807) is 7.05 Å². The number of aliphatic hydroxyl groups excluding tert-OH is 2. The van der Waals surface area contributed by atoms with Gasteiger partial charge in [-0.15, -0.1) is 0 Å². The molecule has 0 saturated heterocycles. The molecule has 106 valence electrons. The summed E-state index contributed by atoms with van der Waals surface area (Å²) in [7, 11) is 1.68. The van der Waals surface area contributed by atoms with E-state index in [2.05, 4.69) is 5.32 Å². The second kappa shape index (κ2) is 6.81. The quantitative estimate of drug-likeness (QED) is 0.632. The van der Waals surface area contributed by atoms with Crippen LogP contribution in [-0.4, -0.2) is 41.0 Å². The third-order valence-electron chi connectivity index (χ3n) is 2.69. The van der Waals surface area contributed by atoms with E-state index in [1.165, 1.54) is 0 Å². The number of benzene rings is 1. The first-order valence-electron chi connectivity index (χ1n) is 5.61. The van der Waals surface area contributed by atoms with Crippen molar-refractivity contribution in [2.24, 2.45) is 0 Å². The Labute approximate surface area is 114 Å². The highest BCUT2D eigenvalue weighted by atomic mass is 35.5. The van der Waals surface area contributed by atoms with Crippen molar-refractivity contribution in [2.45, 2.75) is 18.6 Å². The Balaban J connectivity index is 3.01. The Morgan fingerprint density at radius 3 is 2.63 bits per heavy atom. The molecule has 0 saturated carbocycles. The van der Waals surface area contributed by atoms with E-state index in [0.717, 1.165) is 12.1 Å². The van der Waals surface area contributed by atoms with Crippen molar-refractivity contribution in [3.63, 3.8) is 0 Å². The topological polar surface area (TPSA) is 89.8 Å². The standard InChI is InChI=1S/C12H15ClFNO4/c1-15-3-2-10(16)11(17)7-4-8(13)6(12(18)19)5-9(7)14/h4-5,10-11,15-17H,2-3H2,1H3,(H,18,19).